The molecule has 1 heterocycles. The molecule has 0 radical (unpaired) electrons. The molecule has 0 saturated carbocycles. The van der Waals surface area contributed by atoms with Crippen molar-refractivity contribution in [3.05, 3.63) is 45.9 Å². The highest BCUT2D eigenvalue weighted by Gasteiger charge is 2.12. The Morgan fingerprint density at radius 1 is 1.32 bits per heavy atom. The van der Waals surface area contributed by atoms with Gasteiger partial charge >= 0.3 is 0 Å². The number of nitrogens with two attached hydrogens (primary N) is 1. The summed E-state index contributed by atoms with van der Waals surface area (Å²) in [4.78, 5) is 0. The molecular formula is C13H13ClFN3O. The van der Waals surface area contributed by atoms with E-state index in [1.165, 1.54) is 12.1 Å². The summed E-state index contributed by atoms with van der Waals surface area (Å²) in [7, 11) is 0. The Kier molecular flexibility index (Phi) is 3.97. The molecule has 19 heavy (non-hydrogen) atoms. The first-order valence-corrected chi connectivity index (χ1v) is 6.06. The van der Waals surface area contributed by atoms with Crippen LogP contribution in [0.4, 0.5) is 4.39 Å². The van der Waals surface area contributed by atoms with Gasteiger partial charge in [-0.3, -0.25) is 0 Å². The molecule has 4 nitrogen and oxygen atoms in total. The smallest absolute Gasteiger partial charge is 0.243 e. The van der Waals surface area contributed by atoms with Gasteiger partial charge in [0.2, 0.25) is 5.88 Å². The molecule has 0 aliphatic carbocycles. The second kappa shape index (κ2) is 5.50. The highest BCUT2D eigenvalue weighted by atomic mass is 35.5. The molecule has 1 aromatic heterocycles. The lowest BCUT2D eigenvalue weighted by Gasteiger charge is -2.12. The zero-order chi connectivity index (χ0) is 14.0. The standard InChI is InChI=1S/C13H13ClFN3O/c1-7-8(2)17-18-13(10(7)6-16)19-9-3-4-11(14)12(15)5-9/h3-5H,6,16H2,1-2H3. The molecule has 0 atom stereocenters. The fourth-order valence-corrected chi connectivity index (χ4v) is 1.73. The van der Waals surface area contributed by atoms with Gasteiger partial charge < -0.3 is 10.5 Å². The number of rotatable bonds is 3. The maximum atomic E-state index is 13.3. The molecule has 0 aliphatic heterocycles. The minimum absolute atomic E-state index is 0.0394. The third kappa shape index (κ3) is 2.83. The van der Waals surface area contributed by atoms with Crippen LogP contribution in [-0.4, -0.2) is 10.2 Å². The molecule has 2 N–H and O–H groups in total. The van der Waals surface area contributed by atoms with Crippen LogP contribution in [0.2, 0.25) is 5.02 Å². The van der Waals surface area contributed by atoms with E-state index < -0.39 is 5.82 Å². The van der Waals surface area contributed by atoms with Crippen molar-refractivity contribution in [2.75, 3.05) is 0 Å². The van der Waals surface area contributed by atoms with Gasteiger partial charge in [-0.25, -0.2) is 4.39 Å². The van der Waals surface area contributed by atoms with Crippen LogP contribution in [0.25, 0.3) is 0 Å². The van der Waals surface area contributed by atoms with E-state index in [4.69, 9.17) is 22.1 Å². The summed E-state index contributed by atoms with van der Waals surface area (Å²) >= 11 is 5.61. The van der Waals surface area contributed by atoms with Crippen LogP contribution < -0.4 is 10.5 Å². The zero-order valence-corrected chi connectivity index (χ0v) is 11.3. The molecule has 0 bridgehead atoms. The lowest BCUT2D eigenvalue weighted by Crippen LogP contribution is -2.07. The zero-order valence-electron chi connectivity index (χ0n) is 10.6. The SMILES string of the molecule is Cc1nnc(Oc2ccc(Cl)c(F)c2)c(CN)c1C. The van der Waals surface area contributed by atoms with Gasteiger partial charge in [0.15, 0.2) is 0 Å². The lowest BCUT2D eigenvalue weighted by molar-refractivity contribution is 0.442. The number of hydrogen-bond donors (Lipinski definition) is 1. The van der Waals surface area contributed by atoms with E-state index in [9.17, 15) is 4.39 Å². The summed E-state index contributed by atoms with van der Waals surface area (Å²) < 4.78 is 18.9. The Morgan fingerprint density at radius 2 is 2.05 bits per heavy atom. The van der Waals surface area contributed by atoms with E-state index in [1.54, 1.807) is 6.07 Å². The first-order chi connectivity index (χ1) is 9.02. The van der Waals surface area contributed by atoms with Gasteiger partial charge in [0.1, 0.15) is 11.6 Å². The first kappa shape index (κ1) is 13.7. The van der Waals surface area contributed by atoms with E-state index in [0.717, 1.165) is 16.8 Å². The number of nitrogens with zero attached hydrogens (tertiary/aromatic N) is 2. The van der Waals surface area contributed by atoms with Gasteiger partial charge in [0.05, 0.1) is 10.7 Å². The molecular weight excluding hydrogens is 269 g/mol. The number of benzene rings is 1. The average Bonchev–Trinajstić information content (AvgIpc) is 2.39. The van der Waals surface area contributed by atoms with Gasteiger partial charge in [-0.05, 0) is 31.5 Å². The minimum atomic E-state index is -0.551. The van der Waals surface area contributed by atoms with Crippen molar-refractivity contribution in [2.45, 2.75) is 20.4 Å². The monoisotopic (exact) mass is 281 g/mol. The third-order valence-electron chi connectivity index (χ3n) is 2.85. The predicted molar refractivity (Wildman–Crippen MR) is 70.9 cm³/mol. The summed E-state index contributed by atoms with van der Waals surface area (Å²) in [6.45, 7) is 4.00. The lowest BCUT2D eigenvalue weighted by atomic mass is 10.1. The summed E-state index contributed by atoms with van der Waals surface area (Å²) in [5.74, 6) is 0.0340. The molecule has 0 saturated heterocycles. The van der Waals surface area contributed by atoms with Crippen LogP contribution in [0, 0.1) is 19.7 Å². The van der Waals surface area contributed by atoms with Gasteiger partial charge in [0, 0.05) is 18.2 Å². The van der Waals surface area contributed by atoms with Crippen LogP contribution in [0.15, 0.2) is 18.2 Å². The molecule has 2 rings (SSSR count). The number of hydrogen-bond acceptors (Lipinski definition) is 4. The minimum Gasteiger partial charge on any atom is -0.437 e. The summed E-state index contributed by atoms with van der Waals surface area (Å²) in [5, 5.41) is 7.96. The molecule has 100 valence electrons. The summed E-state index contributed by atoms with van der Waals surface area (Å²) in [5.41, 5.74) is 8.14. The number of halogens is 2. The first-order valence-electron chi connectivity index (χ1n) is 5.68. The van der Waals surface area contributed by atoms with Crippen molar-refractivity contribution in [1.82, 2.24) is 10.2 Å². The van der Waals surface area contributed by atoms with Crippen molar-refractivity contribution in [3.63, 3.8) is 0 Å². The van der Waals surface area contributed by atoms with Gasteiger partial charge in [-0.15, -0.1) is 5.10 Å². The van der Waals surface area contributed by atoms with Crippen LogP contribution >= 0.6 is 11.6 Å². The van der Waals surface area contributed by atoms with E-state index in [2.05, 4.69) is 10.2 Å². The highest BCUT2D eigenvalue weighted by Crippen LogP contribution is 2.27. The largest absolute Gasteiger partial charge is 0.437 e. The Bertz CT molecular complexity index is 619. The number of aryl methyl sites for hydroxylation is 1. The van der Waals surface area contributed by atoms with Crippen molar-refractivity contribution in [2.24, 2.45) is 5.73 Å². The summed E-state index contributed by atoms with van der Waals surface area (Å²) in [6, 6.07) is 4.17. The molecule has 0 unspecified atom stereocenters. The Hall–Kier alpha value is -1.72. The molecule has 6 heteroatoms. The number of aromatic nitrogens is 2. The quantitative estimate of drug-likeness (QED) is 0.939. The van der Waals surface area contributed by atoms with Crippen molar-refractivity contribution >= 4 is 11.6 Å². The third-order valence-corrected chi connectivity index (χ3v) is 3.16. The van der Waals surface area contributed by atoms with E-state index in [0.29, 0.717) is 5.75 Å². The second-order valence-corrected chi connectivity index (χ2v) is 4.48. The predicted octanol–water partition coefficient (Wildman–Crippen LogP) is 3.14. The van der Waals surface area contributed by atoms with E-state index in [1.807, 2.05) is 13.8 Å². The molecule has 0 aliphatic rings. The molecule has 2 aromatic rings. The second-order valence-electron chi connectivity index (χ2n) is 4.08. The van der Waals surface area contributed by atoms with Gasteiger partial charge in [-0.2, -0.15) is 5.10 Å². The van der Waals surface area contributed by atoms with Crippen molar-refractivity contribution in [3.8, 4) is 11.6 Å². The Morgan fingerprint density at radius 3 is 2.68 bits per heavy atom. The Balaban J connectivity index is 2.38. The van der Waals surface area contributed by atoms with Crippen LogP contribution in [0.5, 0.6) is 11.6 Å². The van der Waals surface area contributed by atoms with E-state index >= 15 is 0 Å². The Labute approximate surface area is 115 Å². The average molecular weight is 282 g/mol. The topological polar surface area (TPSA) is 61.0 Å². The van der Waals surface area contributed by atoms with E-state index in [-0.39, 0.29) is 17.4 Å². The molecule has 0 amide bonds. The van der Waals surface area contributed by atoms with Crippen molar-refractivity contribution < 1.29 is 9.13 Å². The van der Waals surface area contributed by atoms with Gasteiger partial charge in [-0.1, -0.05) is 11.6 Å². The van der Waals surface area contributed by atoms with Crippen LogP contribution in [-0.2, 0) is 6.54 Å². The highest BCUT2D eigenvalue weighted by molar-refractivity contribution is 6.30. The molecule has 1 aromatic carbocycles. The van der Waals surface area contributed by atoms with Gasteiger partial charge in [0.25, 0.3) is 0 Å². The maximum absolute atomic E-state index is 13.3. The van der Waals surface area contributed by atoms with Crippen LogP contribution in [0.3, 0.4) is 0 Å². The summed E-state index contributed by atoms with van der Waals surface area (Å²) in [6.07, 6.45) is 0. The molecule has 0 fully saturated rings. The fraction of sp³-hybridized carbons (Fsp3) is 0.231. The maximum Gasteiger partial charge on any atom is 0.243 e. The normalized spacial score (nSPS) is 10.6. The van der Waals surface area contributed by atoms with Crippen molar-refractivity contribution in [1.29, 1.82) is 0 Å². The molecule has 0 spiro atoms. The van der Waals surface area contributed by atoms with Crippen LogP contribution in [0.1, 0.15) is 16.8 Å². The fourth-order valence-electron chi connectivity index (χ4n) is 1.61. The number of ether oxygens (including phenoxy) is 1.